The summed E-state index contributed by atoms with van der Waals surface area (Å²) in [6.07, 6.45) is 18.3. The third kappa shape index (κ3) is 12.0. The van der Waals surface area contributed by atoms with Gasteiger partial charge in [-0.3, -0.25) is 19.3 Å². The topological polar surface area (TPSA) is 157 Å². The summed E-state index contributed by atoms with van der Waals surface area (Å²) in [5.74, 6) is 1.13. The fourth-order valence-electron chi connectivity index (χ4n) is 9.74. The number of thiophene rings is 4. The van der Waals surface area contributed by atoms with Crippen LogP contribution in [0.5, 0.6) is 23.0 Å². The maximum Gasteiger partial charge on any atom is 0.323 e. The predicted octanol–water partition coefficient (Wildman–Crippen LogP) is 15.5. The monoisotopic (exact) mass is 1290 g/mol. The number of carboxylic acid groups (broad SMARTS) is 1. The molecule has 23 heteroatoms. The van der Waals surface area contributed by atoms with Gasteiger partial charge in [0, 0.05) is 62.7 Å². The number of allylic oxidation sites excluding steroid dienone is 1. The zero-order valence-electron chi connectivity index (χ0n) is 43.8. The number of amides is 2. The first kappa shape index (κ1) is 57.4. The van der Waals surface area contributed by atoms with E-state index in [1.165, 1.54) is 28.4 Å². The molecule has 3 aromatic carbocycles. The lowest BCUT2D eigenvalue weighted by atomic mass is 9.94. The highest BCUT2D eigenvalue weighted by Crippen LogP contribution is 2.58. The molecule has 0 saturated heterocycles. The SMILES string of the molecule is CS/C(=C/c1cc2sc(-c3sc(/C=C/c4ccc5nc6ccc(/C=C/c7sc(C8=CC9SC(/C=C(/SC=S)C(=O)N(C)CC(=O)O)=CC9S8)c8c7OCCO8)cc6c(-c6ccccc6)c5c4)c4c3OCCO4)cc2s1)C(=O)N(C=S)COO. The molecule has 9 heterocycles. The minimum atomic E-state index is -1.08. The number of rotatable bonds is 19. The van der Waals surface area contributed by atoms with E-state index in [0.717, 1.165) is 138 Å². The molecule has 2 amide bonds. The molecule has 4 aliphatic rings. The minimum absolute atomic E-state index is 0.132. The van der Waals surface area contributed by atoms with Gasteiger partial charge in [0.25, 0.3) is 11.8 Å². The number of hydrogen-bond acceptors (Lipinski definition) is 20. The smallest absolute Gasteiger partial charge is 0.323 e. The van der Waals surface area contributed by atoms with Crippen molar-refractivity contribution >= 4 is 211 Å². The number of ether oxygens (including phenoxy) is 4. The Morgan fingerprint density at radius 2 is 1.35 bits per heavy atom. The molecule has 2 unspecified atom stereocenters. The van der Waals surface area contributed by atoms with E-state index in [1.54, 1.807) is 74.9 Å². The quantitative estimate of drug-likeness (QED) is 0.0197. The van der Waals surface area contributed by atoms with Gasteiger partial charge in [-0.1, -0.05) is 103 Å². The fraction of sp³-hybridized carbons (Fsp3) is 0.167. The highest BCUT2D eigenvalue weighted by atomic mass is 32.2. The van der Waals surface area contributed by atoms with Gasteiger partial charge < -0.3 is 29.0 Å². The van der Waals surface area contributed by atoms with E-state index in [2.05, 4.69) is 114 Å². The lowest BCUT2D eigenvalue weighted by Crippen LogP contribution is -2.32. The van der Waals surface area contributed by atoms with Crippen LogP contribution in [0.1, 0.15) is 30.6 Å². The molecule has 13 nitrogen and oxygen atoms in total. The van der Waals surface area contributed by atoms with E-state index in [0.29, 0.717) is 36.2 Å². The van der Waals surface area contributed by atoms with Crippen LogP contribution in [0.25, 0.3) is 87.4 Å². The number of carbonyl (C=O) groups is 3. The molecule has 420 valence electrons. The largest absolute Gasteiger partial charge is 0.485 e. The molecule has 2 atom stereocenters. The summed E-state index contributed by atoms with van der Waals surface area (Å²) in [5, 5.41) is 20.5. The van der Waals surface area contributed by atoms with Crippen LogP contribution in [-0.2, 0) is 19.3 Å². The standard InChI is InChI=1S/C60H45N3O10S10/c1-62(28-51(64)65)59(66)50(77-31-75)25-36-23-44-46(79-36)27-48(81-44)58-56-54(70-17-19-72-56)42(83-58)15-11-33-9-13-40-38(21-33)52(34-6-4-3-5-7-34)37-20-32(8-12-39(37)61-40)10-14-41-53-55(71-18-16-69-53)57(82-41)47-26-45-43(80-47)22-35(78-45)24-49(76-2)60(67)63(30-74)29-73-68/h3-15,20-27,30-31,44,46,68H,16-19,28-29H2,1-2H3,(H,64,65)/b14-10+,15-11+,49-24+,50-25+. The van der Waals surface area contributed by atoms with Crippen molar-refractivity contribution in [1.82, 2.24) is 14.8 Å². The molecular weight excluding hydrogens is 1240 g/mol. The maximum atomic E-state index is 13.1. The van der Waals surface area contributed by atoms with Crippen molar-refractivity contribution in [2.24, 2.45) is 0 Å². The van der Waals surface area contributed by atoms with E-state index >= 15 is 0 Å². The molecule has 4 aliphatic heterocycles. The number of aliphatic carboxylic acids is 1. The lowest BCUT2D eigenvalue weighted by Gasteiger charge is -2.17. The van der Waals surface area contributed by atoms with Crippen molar-refractivity contribution in [2.45, 2.75) is 10.5 Å². The summed E-state index contributed by atoms with van der Waals surface area (Å²) in [7, 11) is 1.47. The van der Waals surface area contributed by atoms with Gasteiger partial charge in [-0.05, 0) is 83.6 Å². The maximum absolute atomic E-state index is 13.1. The number of hydrogen-bond donors (Lipinski definition) is 2. The first-order valence-electron chi connectivity index (χ1n) is 25.5. The number of aromatic nitrogens is 1. The molecule has 0 fully saturated rings. The summed E-state index contributed by atoms with van der Waals surface area (Å²) in [4.78, 5) is 57.9. The van der Waals surface area contributed by atoms with Gasteiger partial charge >= 0.3 is 5.97 Å². The third-order valence-corrected chi connectivity index (χ3v) is 22.9. The van der Waals surface area contributed by atoms with Crippen LogP contribution in [0.15, 0.2) is 112 Å². The van der Waals surface area contributed by atoms with Crippen LogP contribution >= 0.6 is 117 Å². The Hall–Kier alpha value is -6.06. The van der Waals surface area contributed by atoms with Crippen molar-refractivity contribution in [2.75, 3.05) is 53.0 Å². The Morgan fingerprint density at radius 3 is 1.95 bits per heavy atom. The fourth-order valence-corrected chi connectivity index (χ4v) is 19.1. The molecule has 0 spiro atoms. The van der Waals surface area contributed by atoms with Gasteiger partial charge in [0.2, 0.25) is 0 Å². The second-order valence-electron chi connectivity index (χ2n) is 18.8. The van der Waals surface area contributed by atoms with E-state index in [1.807, 2.05) is 18.4 Å². The van der Waals surface area contributed by atoms with Gasteiger partial charge in [-0.15, -0.1) is 80.6 Å². The number of pyridine rings is 1. The Kier molecular flexibility index (Phi) is 17.5. The molecule has 0 aliphatic carbocycles. The minimum Gasteiger partial charge on any atom is -0.485 e. The molecule has 0 radical (unpaired) electrons. The summed E-state index contributed by atoms with van der Waals surface area (Å²) in [6, 6.07) is 27.5. The number of fused-ring (bicyclic) bond motifs is 6. The van der Waals surface area contributed by atoms with Crippen LogP contribution in [0, 0.1) is 0 Å². The van der Waals surface area contributed by atoms with Gasteiger partial charge in [-0.2, -0.15) is 0 Å². The summed E-state index contributed by atoms with van der Waals surface area (Å²) < 4.78 is 28.8. The molecular formula is C60H45N3O10S10. The van der Waals surface area contributed by atoms with Crippen LogP contribution in [0.4, 0.5) is 0 Å². The third-order valence-electron chi connectivity index (χ3n) is 13.4. The zero-order valence-corrected chi connectivity index (χ0v) is 51.9. The first-order valence-corrected chi connectivity index (χ1v) is 33.6. The molecule has 2 N–H and O–H groups in total. The Bertz CT molecular complexity index is 4100. The van der Waals surface area contributed by atoms with Gasteiger partial charge in [0.15, 0.2) is 29.7 Å². The van der Waals surface area contributed by atoms with Crippen LogP contribution in [0.2, 0.25) is 0 Å². The second-order valence-corrected chi connectivity index (χ2v) is 28.0. The van der Waals surface area contributed by atoms with Crippen molar-refractivity contribution < 1.29 is 48.6 Å². The Balaban J connectivity index is 0.815. The predicted molar refractivity (Wildman–Crippen MR) is 356 cm³/mol. The Morgan fingerprint density at radius 1 is 0.723 bits per heavy atom. The van der Waals surface area contributed by atoms with Gasteiger partial charge in [0.05, 0.1) is 50.7 Å². The number of nitrogens with zero attached hydrogens (tertiary/aromatic N) is 3. The van der Waals surface area contributed by atoms with E-state index in [9.17, 15) is 19.5 Å². The number of benzene rings is 3. The molecule has 0 saturated carbocycles. The van der Waals surface area contributed by atoms with Gasteiger partial charge in [-0.25, -0.2) is 15.1 Å². The highest BCUT2D eigenvalue weighted by Gasteiger charge is 2.37. The van der Waals surface area contributed by atoms with Crippen molar-refractivity contribution in [3.05, 3.63) is 142 Å². The number of carbonyl (C=O) groups excluding carboxylic acids is 2. The number of carboxylic acids is 1. The number of thioether (sulfide) groups is 4. The normalized spacial score (nSPS) is 16.7. The van der Waals surface area contributed by atoms with E-state index in [4.69, 9.17) is 53.6 Å². The van der Waals surface area contributed by atoms with Crippen molar-refractivity contribution in [3.8, 4) is 43.9 Å². The number of thiocarbonyl (C=S) groups is 2. The summed E-state index contributed by atoms with van der Waals surface area (Å²) in [6.45, 7) is 1.04. The zero-order chi connectivity index (χ0) is 57.3. The molecule has 0 bridgehead atoms. The lowest BCUT2D eigenvalue weighted by molar-refractivity contribution is -0.259. The molecule has 8 aromatic rings. The summed E-state index contributed by atoms with van der Waals surface area (Å²) >= 11 is 22.4. The second kappa shape index (κ2) is 25.3. The first-order chi connectivity index (χ1) is 40.5. The van der Waals surface area contributed by atoms with Gasteiger partial charge in [0.1, 0.15) is 33.0 Å². The van der Waals surface area contributed by atoms with E-state index in [-0.39, 0.29) is 23.1 Å². The summed E-state index contributed by atoms with van der Waals surface area (Å²) in [5.41, 5.74) is 7.10. The van der Waals surface area contributed by atoms with Crippen LogP contribution in [-0.4, -0.2) is 117 Å². The van der Waals surface area contributed by atoms with Crippen molar-refractivity contribution in [1.29, 1.82) is 0 Å². The molecule has 12 rings (SSSR count). The van der Waals surface area contributed by atoms with E-state index < -0.39 is 18.4 Å². The Labute approximate surface area is 519 Å². The van der Waals surface area contributed by atoms with Crippen LogP contribution < -0.4 is 18.9 Å². The average molecular weight is 1290 g/mol. The highest BCUT2D eigenvalue weighted by molar-refractivity contribution is 8.24. The number of likely N-dealkylation sites (N-methyl/N-ethyl adjacent to an activating group) is 1. The van der Waals surface area contributed by atoms with Crippen LogP contribution in [0.3, 0.4) is 0 Å². The van der Waals surface area contributed by atoms with Crippen molar-refractivity contribution in [3.63, 3.8) is 0 Å². The average Bonchev–Trinajstić information content (AvgIpc) is 4.45. The molecule has 5 aromatic heterocycles. The molecule has 83 heavy (non-hydrogen) atoms.